The van der Waals surface area contributed by atoms with Gasteiger partial charge in [-0.1, -0.05) is 34.6 Å². The lowest BCUT2D eigenvalue weighted by molar-refractivity contribution is -0.131. The Morgan fingerprint density at radius 3 is 1.87 bits per heavy atom. The molecule has 0 aliphatic rings. The molecule has 1 unspecified atom stereocenters. The van der Waals surface area contributed by atoms with E-state index >= 15 is 0 Å². The van der Waals surface area contributed by atoms with Crippen LogP contribution in [0, 0.1) is 5.92 Å². The molecule has 92 valence electrons. The maximum Gasteiger partial charge on any atom is 0.219 e. The molecular weight excluding hydrogens is 186 g/mol. The highest BCUT2D eigenvalue weighted by Crippen LogP contribution is 2.14. The highest BCUT2D eigenvalue weighted by atomic mass is 16.2. The normalized spacial score (nSPS) is 11.7. The number of amides is 1. The van der Waals surface area contributed by atoms with Crippen molar-refractivity contribution in [2.24, 2.45) is 5.92 Å². The Balaban J connectivity index is 0. The molecule has 1 atom stereocenters. The fourth-order valence-electron chi connectivity index (χ4n) is 1.80. The Morgan fingerprint density at radius 1 is 1.20 bits per heavy atom. The number of hydrogen-bond acceptors (Lipinski definition) is 1. The first-order valence-electron chi connectivity index (χ1n) is 6.30. The van der Waals surface area contributed by atoms with Crippen LogP contribution < -0.4 is 0 Å². The van der Waals surface area contributed by atoms with Gasteiger partial charge in [-0.2, -0.15) is 0 Å². The summed E-state index contributed by atoms with van der Waals surface area (Å²) in [6, 6.07) is 0.433. The predicted molar refractivity (Wildman–Crippen MR) is 67.9 cm³/mol. The molecule has 0 saturated heterocycles. The largest absolute Gasteiger partial charge is 0.340 e. The first-order chi connectivity index (χ1) is 7.02. The van der Waals surface area contributed by atoms with Gasteiger partial charge >= 0.3 is 0 Å². The van der Waals surface area contributed by atoms with E-state index in [1.54, 1.807) is 6.92 Å². The van der Waals surface area contributed by atoms with E-state index in [2.05, 4.69) is 20.8 Å². The van der Waals surface area contributed by atoms with Crippen molar-refractivity contribution in [3.05, 3.63) is 0 Å². The third-order valence-corrected chi connectivity index (χ3v) is 2.40. The molecule has 0 saturated carbocycles. The van der Waals surface area contributed by atoms with E-state index in [0.29, 0.717) is 12.0 Å². The summed E-state index contributed by atoms with van der Waals surface area (Å²) in [7, 11) is 0. The number of rotatable bonds is 5. The highest BCUT2D eigenvalue weighted by molar-refractivity contribution is 5.73. The van der Waals surface area contributed by atoms with Crippen LogP contribution in [0.2, 0.25) is 0 Å². The summed E-state index contributed by atoms with van der Waals surface area (Å²) < 4.78 is 0. The Hall–Kier alpha value is -0.530. The van der Waals surface area contributed by atoms with E-state index in [1.807, 2.05) is 25.7 Å². The van der Waals surface area contributed by atoms with Crippen LogP contribution in [0.15, 0.2) is 0 Å². The monoisotopic (exact) mass is 215 g/mol. The first kappa shape index (κ1) is 16.9. The zero-order chi connectivity index (χ0) is 12.4. The molecule has 0 fully saturated rings. The Labute approximate surface area is 96.0 Å². The quantitative estimate of drug-likeness (QED) is 0.684. The molecular formula is C13H29NO. The van der Waals surface area contributed by atoms with Crippen LogP contribution in [-0.4, -0.2) is 23.4 Å². The minimum atomic E-state index is 0.204. The Morgan fingerprint density at radius 2 is 1.67 bits per heavy atom. The van der Waals surface area contributed by atoms with Gasteiger partial charge in [-0.3, -0.25) is 4.79 Å². The molecule has 0 N–H and O–H groups in total. The molecule has 0 aromatic carbocycles. The minimum Gasteiger partial charge on any atom is -0.340 e. The van der Waals surface area contributed by atoms with Gasteiger partial charge < -0.3 is 4.90 Å². The van der Waals surface area contributed by atoms with Crippen molar-refractivity contribution >= 4 is 5.91 Å². The minimum absolute atomic E-state index is 0.204. The van der Waals surface area contributed by atoms with Gasteiger partial charge in [0.25, 0.3) is 0 Å². The molecule has 0 aliphatic heterocycles. The SMILES string of the molecule is CC.CCC(CC(C)C)N(CC)C(C)=O. The number of carbonyl (C=O) groups excluding carboxylic acids is 1. The Bertz CT molecular complexity index is 155. The van der Waals surface area contributed by atoms with Gasteiger partial charge in [0.2, 0.25) is 5.91 Å². The van der Waals surface area contributed by atoms with E-state index in [0.717, 1.165) is 19.4 Å². The van der Waals surface area contributed by atoms with Gasteiger partial charge in [0, 0.05) is 19.5 Å². The summed E-state index contributed by atoms with van der Waals surface area (Å²) in [6.07, 6.45) is 2.18. The zero-order valence-electron chi connectivity index (χ0n) is 11.6. The van der Waals surface area contributed by atoms with Crippen LogP contribution in [0.4, 0.5) is 0 Å². The third-order valence-electron chi connectivity index (χ3n) is 2.40. The molecule has 0 aromatic heterocycles. The average Bonchev–Trinajstić information content (AvgIpc) is 2.19. The summed E-state index contributed by atoms with van der Waals surface area (Å²) in [4.78, 5) is 13.3. The second kappa shape index (κ2) is 10.0. The van der Waals surface area contributed by atoms with E-state index < -0.39 is 0 Å². The van der Waals surface area contributed by atoms with Gasteiger partial charge in [-0.05, 0) is 25.7 Å². The number of nitrogens with zero attached hydrogens (tertiary/aromatic N) is 1. The van der Waals surface area contributed by atoms with Gasteiger partial charge in [0.05, 0.1) is 0 Å². The molecule has 15 heavy (non-hydrogen) atoms. The summed E-state index contributed by atoms with van der Waals surface area (Å²) in [5.74, 6) is 0.869. The second-order valence-corrected chi connectivity index (χ2v) is 4.00. The molecule has 0 bridgehead atoms. The topological polar surface area (TPSA) is 20.3 Å². The maximum atomic E-state index is 11.3. The molecule has 2 heteroatoms. The summed E-state index contributed by atoms with van der Waals surface area (Å²) >= 11 is 0. The number of hydrogen-bond donors (Lipinski definition) is 0. The van der Waals surface area contributed by atoms with Gasteiger partial charge in [-0.25, -0.2) is 0 Å². The molecule has 0 aromatic rings. The van der Waals surface area contributed by atoms with Gasteiger partial charge in [-0.15, -0.1) is 0 Å². The Kier molecular flexibility index (Phi) is 11.3. The molecule has 0 radical (unpaired) electrons. The lowest BCUT2D eigenvalue weighted by Gasteiger charge is -2.30. The van der Waals surface area contributed by atoms with Gasteiger partial charge in [0.15, 0.2) is 0 Å². The van der Waals surface area contributed by atoms with Crippen molar-refractivity contribution in [3.8, 4) is 0 Å². The van der Waals surface area contributed by atoms with Crippen molar-refractivity contribution in [2.75, 3.05) is 6.54 Å². The van der Waals surface area contributed by atoms with Crippen molar-refractivity contribution < 1.29 is 4.79 Å². The molecule has 1 amide bonds. The van der Waals surface area contributed by atoms with Crippen LogP contribution >= 0.6 is 0 Å². The standard InChI is InChI=1S/C11H23NO.C2H6/c1-6-11(8-9(3)4)12(7-2)10(5)13;1-2/h9,11H,6-8H2,1-5H3;1-2H3. The van der Waals surface area contributed by atoms with Crippen molar-refractivity contribution in [2.45, 2.75) is 67.3 Å². The van der Waals surface area contributed by atoms with Crippen LogP contribution in [0.3, 0.4) is 0 Å². The molecule has 0 spiro atoms. The maximum absolute atomic E-state index is 11.3. The lowest BCUT2D eigenvalue weighted by atomic mass is 10.0. The van der Waals surface area contributed by atoms with Crippen molar-refractivity contribution in [1.29, 1.82) is 0 Å². The van der Waals surface area contributed by atoms with Crippen LogP contribution in [0.5, 0.6) is 0 Å². The van der Waals surface area contributed by atoms with Gasteiger partial charge in [0.1, 0.15) is 0 Å². The highest BCUT2D eigenvalue weighted by Gasteiger charge is 2.18. The smallest absolute Gasteiger partial charge is 0.219 e. The predicted octanol–water partition coefficient (Wildman–Crippen LogP) is 3.71. The molecule has 0 rings (SSSR count). The average molecular weight is 215 g/mol. The second-order valence-electron chi connectivity index (χ2n) is 4.00. The van der Waals surface area contributed by atoms with E-state index in [1.165, 1.54) is 0 Å². The summed E-state index contributed by atoms with van der Waals surface area (Å²) in [6.45, 7) is 15.1. The zero-order valence-corrected chi connectivity index (χ0v) is 11.6. The van der Waals surface area contributed by atoms with E-state index in [-0.39, 0.29) is 5.91 Å². The van der Waals surface area contributed by atoms with Crippen LogP contribution in [0.1, 0.15) is 61.3 Å². The molecule has 2 nitrogen and oxygen atoms in total. The van der Waals surface area contributed by atoms with E-state index in [9.17, 15) is 4.79 Å². The van der Waals surface area contributed by atoms with Crippen molar-refractivity contribution in [3.63, 3.8) is 0 Å². The molecule has 0 aliphatic carbocycles. The molecule has 0 heterocycles. The lowest BCUT2D eigenvalue weighted by Crippen LogP contribution is -2.39. The first-order valence-corrected chi connectivity index (χ1v) is 6.30. The number of carbonyl (C=O) groups is 1. The van der Waals surface area contributed by atoms with Crippen molar-refractivity contribution in [1.82, 2.24) is 4.90 Å². The fraction of sp³-hybridized carbons (Fsp3) is 0.923. The fourth-order valence-corrected chi connectivity index (χ4v) is 1.80. The summed E-state index contributed by atoms with van der Waals surface area (Å²) in [5.41, 5.74) is 0. The summed E-state index contributed by atoms with van der Waals surface area (Å²) in [5, 5.41) is 0. The van der Waals surface area contributed by atoms with Crippen LogP contribution in [-0.2, 0) is 4.79 Å². The van der Waals surface area contributed by atoms with E-state index in [4.69, 9.17) is 0 Å². The third kappa shape index (κ3) is 7.40. The van der Waals surface area contributed by atoms with Crippen LogP contribution in [0.25, 0.3) is 0 Å².